The topological polar surface area (TPSA) is 38.0 Å². The van der Waals surface area contributed by atoms with Crippen LogP contribution in [0.5, 0.6) is 0 Å². The third-order valence-electron chi connectivity index (χ3n) is 4.42. The van der Waals surface area contributed by atoms with Crippen LogP contribution in [0.2, 0.25) is 0 Å². The first-order valence-electron chi connectivity index (χ1n) is 7.21. The highest BCUT2D eigenvalue weighted by molar-refractivity contribution is 5.27. The molecule has 1 saturated carbocycles. The summed E-state index contributed by atoms with van der Waals surface area (Å²) >= 11 is 0. The third-order valence-corrected chi connectivity index (χ3v) is 4.42. The Bertz CT molecular complexity index is 365. The van der Waals surface area contributed by atoms with Crippen LogP contribution in [0.4, 0.5) is 0 Å². The predicted molar refractivity (Wildman–Crippen MR) is 77.6 cm³/mol. The van der Waals surface area contributed by atoms with Crippen molar-refractivity contribution < 1.29 is 0 Å². The highest BCUT2D eigenvalue weighted by Crippen LogP contribution is 2.48. The van der Waals surface area contributed by atoms with Gasteiger partial charge in [-0.25, -0.2) is 0 Å². The lowest BCUT2D eigenvalue weighted by Gasteiger charge is -2.46. The average molecular weight is 246 g/mol. The number of nitrogens with one attached hydrogen (secondary N) is 1. The first-order chi connectivity index (χ1) is 8.72. The molecule has 0 amide bonds. The van der Waals surface area contributed by atoms with E-state index >= 15 is 0 Å². The van der Waals surface area contributed by atoms with Crippen LogP contribution in [0, 0.1) is 5.41 Å². The first-order valence-corrected chi connectivity index (χ1v) is 7.21. The van der Waals surface area contributed by atoms with Gasteiger partial charge in [0.05, 0.1) is 0 Å². The normalized spacial score (nSPS) is 19.3. The van der Waals surface area contributed by atoms with Gasteiger partial charge in [0.15, 0.2) is 0 Å². The maximum absolute atomic E-state index is 6.51. The van der Waals surface area contributed by atoms with E-state index in [0.717, 1.165) is 13.0 Å². The van der Waals surface area contributed by atoms with Gasteiger partial charge in [-0.05, 0) is 37.4 Å². The van der Waals surface area contributed by atoms with E-state index in [2.05, 4.69) is 36.5 Å². The molecule has 1 aromatic rings. The lowest BCUT2D eigenvalue weighted by molar-refractivity contribution is 0.0947. The molecule has 2 rings (SSSR count). The van der Waals surface area contributed by atoms with Crippen molar-refractivity contribution in [1.82, 2.24) is 5.32 Å². The smallest absolute Gasteiger partial charge is 0.0364 e. The van der Waals surface area contributed by atoms with E-state index in [-0.39, 0.29) is 6.04 Å². The molecular weight excluding hydrogens is 220 g/mol. The summed E-state index contributed by atoms with van der Waals surface area (Å²) in [6.45, 7) is 3.25. The van der Waals surface area contributed by atoms with Gasteiger partial charge >= 0.3 is 0 Å². The molecule has 0 radical (unpaired) electrons. The summed E-state index contributed by atoms with van der Waals surface area (Å²) in [6.07, 6.45) is 6.20. The lowest BCUT2D eigenvalue weighted by Crippen LogP contribution is -2.46. The van der Waals surface area contributed by atoms with Crippen molar-refractivity contribution in [1.29, 1.82) is 0 Å². The minimum atomic E-state index is 0.175. The van der Waals surface area contributed by atoms with E-state index in [4.69, 9.17) is 5.73 Å². The maximum atomic E-state index is 6.51. The van der Waals surface area contributed by atoms with E-state index in [1.807, 2.05) is 7.05 Å². The average Bonchev–Trinajstić information content (AvgIpc) is 2.34. The van der Waals surface area contributed by atoms with Gasteiger partial charge in [0.1, 0.15) is 0 Å². The molecule has 1 aromatic carbocycles. The monoisotopic (exact) mass is 246 g/mol. The van der Waals surface area contributed by atoms with Gasteiger partial charge in [0, 0.05) is 18.0 Å². The second-order valence-corrected chi connectivity index (χ2v) is 5.72. The standard InChI is InChI=1S/C16H26N2/c1-3-5-13-6-8-14(9-7-13)15(17)16(12-18-2)10-4-11-16/h6-9,15,18H,3-5,10-12,17H2,1-2H3. The number of hydrogen-bond acceptors (Lipinski definition) is 2. The van der Waals surface area contributed by atoms with Crippen LogP contribution < -0.4 is 11.1 Å². The van der Waals surface area contributed by atoms with Gasteiger partial charge in [-0.1, -0.05) is 44.0 Å². The molecule has 0 spiro atoms. The minimum Gasteiger partial charge on any atom is -0.323 e. The summed E-state index contributed by atoms with van der Waals surface area (Å²) in [5, 5.41) is 3.31. The van der Waals surface area contributed by atoms with Crippen LogP contribution in [-0.2, 0) is 6.42 Å². The SMILES string of the molecule is CCCc1ccc(C(N)C2(CNC)CCC2)cc1. The van der Waals surface area contributed by atoms with E-state index in [1.165, 1.54) is 36.8 Å². The van der Waals surface area contributed by atoms with Gasteiger partial charge in [-0.15, -0.1) is 0 Å². The Kier molecular flexibility index (Phi) is 4.41. The summed E-state index contributed by atoms with van der Waals surface area (Å²) in [5.41, 5.74) is 9.52. The zero-order chi connectivity index (χ0) is 13.0. The second kappa shape index (κ2) is 5.85. The summed E-state index contributed by atoms with van der Waals surface area (Å²) < 4.78 is 0. The number of rotatable bonds is 6. The second-order valence-electron chi connectivity index (χ2n) is 5.72. The molecule has 0 bridgehead atoms. The fourth-order valence-corrected chi connectivity index (χ4v) is 3.11. The molecule has 1 atom stereocenters. The van der Waals surface area contributed by atoms with Crippen molar-refractivity contribution in [2.75, 3.05) is 13.6 Å². The third kappa shape index (κ3) is 2.60. The molecule has 0 saturated heterocycles. The Balaban J connectivity index is 2.10. The Morgan fingerprint density at radius 2 is 1.94 bits per heavy atom. The number of nitrogens with two attached hydrogens (primary N) is 1. The quantitative estimate of drug-likeness (QED) is 0.809. The largest absolute Gasteiger partial charge is 0.323 e. The molecular formula is C16H26N2. The van der Waals surface area contributed by atoms with Crippen LogP contribution in [-0.4, -0.2) is 13.6 Å². The van der Waals surface area contributed by atoms with Crippen molar-refractivity contribution in [2.24, 2.45) is 11.1 Å². The highest BCUT2D eigenvalue weighted by Gasteiger charge is 2.42. The molecule has 0 aliphatic heterocycles. The number of benzene rings is 1. The van der Waals surface area contributed by atoms with Crippen LogP contribution in [0.1, 0.15) is 49.8 Å². The Morgan fingerprint density at radius 3 is 2.39 bits per heavy atom. The van der Waals surface area contributed by atoms with Crippen molar-refractivity contribution in [2.45, 2.75) is 45.1 Å². The fourth-order valence-electron chi connectivity index (χ4n) is 3.11. The van der Waals surface area contributed by atoms with Gasteiger partial charge in [-0.3, -0.25) is 0 Å². The maximum Gasteiger partial charge on any atom is 0.0364 e. The van der Waals surface area contributed by atoms with Gasteiger partial charge in [0.2, 0.25) is 0 Å². The molecule has 3 N–H and O–H groups in total. The molecule has 0 aromatic heterocycles. The number of hydrogen-bond donors (Lipinski definition) is 2. The van der Waals surface area contributed by atoms with Gasteiger partial charge in [-0.2, -0.15) is 0 Å². The van der Waals surface area contributed by atoms with E-state index in [1.54, 1.807) is 0 Å². The first kappa shape index (κ1) is 13.6. The van der Waals surface area contributed by atoms with Crippen molar-refractivity contribution >= 4 is 0 Å². The van der Waals surface area contributed by atoms with Crippen molar-refractivity contribution in [3.8, 4) is 0 Å². The van der Waals surface area contributed by atoms with Crippen LogP contribution in [0.3, 0.4) is 0 Å². The fraction of sp³-hybridized carbons (Fsp3) is 0.625. The molecule has 1 unspecified atom stereocenters. The van der Waals surface area contributed by atoms with Crippen LogP contribution in [0.15, 0.2) is 24.3 Å². The molecule has 18 heavy (non-hydrogen) atoms. The predicted octanol–water partition coefficient (Wildman–Crippen LogP) is 3.03. The molecule has 1 fully saturated rings. The molecule has 1 aliphatic rings. The zero-order valence-corrected chi connectivity index (χ0v) is 11.7. The highest BCUT2D eigenvalue weighted by atomic mass is 14.9. The van der Waals surface area contributed by atoms with Gasteiger partial charge < -0.3 is 11.1 Å². The summed E-state index contributed by atoms with van der Waals surface area (Å²) in [6, 6.07) is 9.11. The Morgan fingerprint density at radius 1 is 1.28 bits per heavy atom. The molecule has 0 heterocycles. The minimum absolute atomic E-state index is 0.175. The van der Waals surface area contributed by atoms with Crippen molar-refractivity contribution in [3.05, 3.63) is 35.4 Å². The molecule has 1 aliphatic carbocycles. The number of aryl methyl sites for hydroxylation is 1. The van der Waals surface area contributed by atoms with E-state index < -0.39 is 0 Å². The molecule has 2 nitrogen and oxygen atoms in total. The van der Waals surface area contributed by atoms with E-state index in [9.17, 15) is 0 Å². The Hall–Kier alpha value is -0.860. The Labute approximate surface area is 111 Å². The van der Waals surface area contributed by atoms with Crippen molar-refractivity contribution in [3.63, 3.8) is 0 Å². The van der Waals surface area contributed by atoms with Crippen LogP contribution >= 0.6 is 0 Å². The zero-order valence-electron chi connectivity index (χ0n) is 11.7. The van der Waals surface area contributed by atoms with E-state index in [0.29, 0.717) is 5.41 Å². The lowest BCUT2D eigenvalue weighted by atomic mass is 9.62. The molecule has 2 heteroatoms. The molecule has 100 valence electrons. The summed E-state index contributed by atoms with van der Waals surface area (Å²) in [5.74, 6) is 0. The van der Waals surface area contributed by atoms with Crippen LogP contribution in [0.25, 0.3) is 0 Å². The summed E-state index contributed by atoms with van der Waals surface area (Å²) in [4.78, 5) is 0. The van der Waals surface area contributed by atoms with Gasteiger partial charge in [0.25, 0.3) is 0 Å². The summed E-state index contributed by atoms with van der Waals surface area (Å²) in [7, 11) is 2.02.